The fourth-order valence-corrected chi connectivity index (χ4v) is 4.98. The van der Waals surface area contributed by atoms with E-state index in [0.717, 1.165) is 23.4 Å². The van der Waals surface area contributed by atoms with Gasteiger partial charge in [-0.1, -0.05) is 17.8 Å². The van der Waals surface area contributed by atoms with Gasteiger partial charge in [-0.2, -0.15) is 17.5 Å². The summed E-state index contributed by atoms with van der Waals surface area (Å²) in [6.07, 6.45) is -4.65. The number of morpholine rings is 1. The second-order valence-electron chi connectivity index (χ2n) is 6.69. The molecule has 31 heavy (non-hydrogen) atoms. The third-order valence-corrected chi connectivity index (χ3v) is 7.43. The van der Waals surface area contributed by atoms with E-state index in [-0.39, 0.29) is 28.9 Å². The highest BCUT2D eigenvalue weighted by atomic mass is 32.2. The average Bonchev–Trinajstić information content (AvgIpc) is 3.09. The lowest BCUT2D eigenvalue weighted by Gasteiger charge is -2.26. The number of aryl methyl sites for hydroxylation is 1. The number of hydrogen-bond donors (Lipinski definition) is 1. The minimum Gasteiger partial charge on any atom is -0.379 e. The monoisotopic (exact) mass is 479 g/mol. The van der Waals surface area contributed by atoms with Crippen molar-refractivity contribution in [2.45, 2.75) is 23.2 Å². The number of carbonyl (C=O) groups is 1. The first-order valence-corrected chi connectivity index (χ1v) is 11.5. The van der Waals surface area contributed by atoms with Crippen molar-refractivity contribution >= 4 is 33.4 Å². The molecular weight excluding hydrogens is 459 g/mol. The third kappa shape index (κ3) is 5.37. The number of nitrogens with one attached hydrogen (secondary N) is 1. The van der Waals surface area contributed by atoms with Gasteiger partial charge < -0.3 is 14.6 Å². The van der Waals surface area contributed by atoms with Gasteiger partial charge in [-0.05, 0) is 24.6 Å². The Bertz CT molecular complexity index is 1070. The van der Waals surface area contributed by atoms with Crippen molar-refractivity contribution in [1.29, 1.82) is 0 Å². The van der Waals surface area contributed by atoms with Gasteiger partial charge >= 0.3 is 6.18 Å². The second kappa shape index (κ2) is 9.14. The summed E-state index contributed by atoms with van der Waals surface area (Å²) in [5.41, 5.74) is 0.936. The van der Waals surface area contributed by atoms with Crippen LogP contribution in [0.3, 0.4) is 0 Å². The highest BCUT2D eigenvalue weighted by Gasteiger charge is 2.37. The summed E-state index contributed by atoms with van der Waals surface area (Å²) in [6.45, 7) is 2.80. The smallest absolute Gasteiger partial charge is 0.379 e. The molecule has 1 fully saturated rings. The maximum atomic E-state index is 12.8. The summed E-state index contributed by atoms with van der Waals surface area (Å²) in [7, 11) is -2.58. The van der Waals surface area contributed by atoms with Crippen LogP contribution in [0.4, 0.5) is 18.9 Å². The lowest BCUT2D eigenvalue weighted by molar-refractivity contribution is -0.147. The highest BCUT2D eigenvalue weighted by molar-refractivity contribution is 7.99. The van der Waals surface area contributed by atoms with E-state index in [0.29, 0.717) is 24.5 Å². The molecule has 2 aromatic rings. The summed E-state index contributed by atoms with van der Waals surface area (Å²) >= 11 is 0.787. The lowest BCUT2D eigenvalue weighted by atomic mass is 10.2. The molecule has 0 atom stereocenters. The highest BCUT2D eigenvalue weighted by Crippen LogP contribution is 2.30. The Morgan fingerprint density at radius 2 is 1.94 bits per heavy atom. The van der Waals surface area contributed by atoms with Crippen LogP contribution in [0.25, 0.3) is 0 Å². The quantitative estimate of drug-likeness (QED) is 0.631. The molecule has 1 N–H and O–H groups in total. The molecule has 0 bridgehead atoms. The number of anilines is 1. The lowest BCUT2D eigenvalue weighted by Crippen LogP contribution is -2.40. The number of thioether (sulfide) groups is 1. The van der Waals surface area contributed by atoms with Crippen LogP contribution in [-0.2, 0) is 32.8 Å². The maximum Gasteiger partial charge on any atom is 0.451 e. The fraction of sp³-hybridized carbons (Fsp3) is 0.471. The Kier molecular flexibility index (Phi) is 6.93. The predicted molar refractivity (Wildman–Crippen MR) is 106 cm³/mol. The Hall–Kier alpha value is -2.16. The zero-order valence-electron chi connectivity index (χ0n) is 16.6. The van der Waals surface area contributed by atoms with E-state index in [1.54, 1.807) is 13.0 Å². The van der Waals surface area contributed by atoms with E-state index >= 15 is 0 Å². The van der Waals surface area contributed by atoms with Crippen LogP contribution in [0.2, 0.25) is 0 Å². The number of benzene rings is 1. The van der Waals surface area contributed by atoms with Crippen molar-refractivity contribution < 1.29 is 31.1 Å². The normalized spacial score (nSPS) is 15.8. The number of halogens is 3. The van der Waals surface area contributed by atoms with Gasteiger partial charge in [0, 0.05) is 25.8 Å². The third-order valence-electron chi connectivity index (χ3n) is 4.51. The summed E-state index contributed by atoms with van der Waals surface area (Å²) in [5, 5.41) is 9.10. The van der Waals surface area contributed by atoms with Crippen LogP contribution in [0.1, 0.15) is 11.4 Å². The first kappa shape index (κ1) is 23.5. The van der Waals surface area contributed by atoms with Crippen LogP contribution >= 0.6 is 11.8 Å². The molecule has 0 radical (unpaired) electrons. The summed E-state index contributed by atoms with van der Waals surface area (Å²) in [6, 6.07) is 4.41. The van der Waals surface area contributed by atoms with E-state index in [2.05, 4.69) is 15.5 Å². The van der Waals surface area contributed by atoms with Gasteiger partial charge in [0.05, 0.1) is 23.9 Å². The maximum absolute atomic E-state index is 12.8. The number of nitrogens with zero attached hydrogens (tertiary/aromatic N) is 4. The Morgan fingerprint density at radius 1 is 1.26 bits per heavy atom. The van der Waals surface area contributed by atoms with E-state index in [1.807, 2.05) is 0 Å². The molecule has 0 aliphatic carbocycles. The zero-order valence-corrected chi connectivity index (χ0v) is 18.3. The van der Waals surface area contributed by atoms with Gasteiger partial charge in [0.15, 0.2) is 5.16 Å². The van der Waals surface area contributed by atoms with Crippen LogP contribution in [-0.4, -0.2) is 65.5 Å². The molecule has 0 spiro atoms. The van der Waals surface area contributed by atoms with Gasteiger partial charge in [0.1, 0.15) is 0 Å². The molecule has 1 amide bonds. The van der Waals surface area contributed by atoms with Crippen molar-refractivity contribution in [3.05, 3.63) is 29.6 Å². The molecule has 1 saturated heterocycles. The standard InChI is InChI=1S/C17H20F3N5O4S2/c1-11-3-4-12(31(27,28)25-5-7-29-8-6-25)9-13(11)21-14(26)10-30-16-23-22-15(24(16)2)17(18,19)20/h3-4,9H,5-8,10H2,1-2H3,(H,21,26). The Balaban J connectivity index is 1.69. The summed E-state index contributed by atoms with van der Waals surface area (Å²) in [4.78, 5) is 12.4. The number of ether oxygens (including phenoxy) is 1. The molecule has 170 valence electrons. The second-order valence-corrected chi connectivity index (χ2v) is 9.57. The fourth-order valence-electron chi connectivity index (χ4n) is 2.84. The largest absolute Gasteiger partial charge is 0.451 e. The summed E-state index contributed by atoms with van der Waals surface area (Å²) < 4.78 is 71.2. The zero-order chi connectivity index (χ0) is 22.8. The van der Waals surface area contributed by atoms with Gasteiger partial charge in [-0.25, -0.2) is 8.42 Å². The molecule has 1 aromatic heterocycles. The number of sulfonamides is 1. The molecule has 14 heteroatoms. The molecule has 1 aliphatic rings. The molecule has 1 aromatic carbocycles. The van der Waals surface area contributed by atoms with Gasteiger partial charge in [-0.15, -0.1) is 10.2 Å². The predicted octanol–water partition coefficient (Wildman–Crippen LogP) is 1.89. The van der Waals surface area contributed by atoms with Crippen molar-refractivity contribution in [3.8, 4) is 0 Å². The van der Waals surface area contributed by atoms with Gasteiger partial charge in [0.2, 0.25) is 21.8 Å². The SMILES string of the molecule is Cc1ccc(S(=O)(=O)N2CCOCC2)cc1NC(=O)CSc1nnc(C(F)(F)F)n1C. The van der Waals surface area contributed by atoms with Crippen LogP contribution in [0, 0.1) is 6.92 Å². The number of alkyl halides is 3. The average molecular weight is 480 g/mol. The van der Waals surface area contributed by atoms with Gasteiger partial charge in [0.25, 0.3) is 0 Å². The summed E-state index contributed by atoms with van der Waals surface area (Å²) in [5.74, 6) is -1.91. The number of hydrogen-bond acceptors (Lipinski definition) is 7. The molecule has 0 saturated carbocycles. The van der Waals surface area contributed by atoms with Crippen molar-refractivity contribution in [3.63, 3.8) is 0 Å². The van der Waals surface area contributed by atoms with Crippen LogP contribution < -0.4 is 5.32 Å². The van der Waals surface area contributed by atoms with Crippen LogP contribution in [0.5, 0.6) is 0 Å². The number of rotatable bonds is 6. The van der Waals surface area contributed by atoms with E-state index in [1.165, 1.54) is 16.4 Å². The topological polar surface area (TPSA) is 106 Å². The van der Waals surface area contributed by atoms with Crippen molar-refractivity contribution in [2.24, 2.45) is 7.05 Å². The Morgan fingerprint density at radius 3 is 2.55 bits per heavy atom. The molecule has 2 heterocycles. The Labute approximate surface area is 181 Å². The molecule has 1 aliphatic heterocycles. The van der Waals surface area contributed by atoms with E-state index in [4.69, 9.17) is 4.74 Å². The van der Waals surface area contributed by atoms with Crippen molar-refractivity contribution in [1.82, 2.24) is 19.1 Å². The van der Waals surface area contributed by atoms with E-state index in [9.17, 15) is 26.4 Å². The number of amides is 1. The van der Waals surface area contributed by atoms with Gasteiger partial charge in [-0.3, -0.25) is 4.79 Å². The van der Waals surface area contributed by atoms with E-state index < -0.39 is 27.9 Å². The number of carbonyl (C=O) groups excluding carboxylic acids is 1. The first-order valence-electron chi connectivity index (χ1n) is 9.08. The first-order chi connectivity index (χ1) is 14.5. The minimum absolute atomic E-state index is 0.0334. The molecule has 0 unspecified atom stereocenters. The molecule has 9 nitrogen and oxygen atoms in total. The number of aromatic nitrogens is 3. The van der Waals surface area contributed by atoms with Crippen molar-refractivity contribution in [2.75, 3.05) is 37.4 Å². The van der Waals surface area contributed by atoms with Crippen LogP contribution in [0.15, 0.2) is 28.3 Å². The molecular formula is C17H20F3N5O4S2. The minimum atomic E-state index is -4.65. The molecule has 3 rings (SSSR count).